The first-order valence-electron chi connectivity index (χ1n) is 3.12. The summed E-state index contributed by atoms with van der Waals surface area (Å²) in [5.74, 6) is 0.214. The lowest BCUT2D eigenvalue weighted by Gasteiger charge is -2.00. The highest BCUT2D eigenvalue weighted by molar-refractivity contribution is 7.90. The predicted octanol–water partition coefficient (Wildman–Crippen LogP) is -0.350. The van der Waals surface area contributed by atoms with Gasteiger partial charge in [0.15, 0.2) is 9.84 Å². The summed E-state index contributed by atoms with van der Waals surface area (Å²) < 4.78 is 22.0. The second-order valence-corrected chi connectivity index (χ2v) is 4.44. The van der Waals surface area contributed by atoms with Crippen molar-refractivity contribution in [3.8, 4) is 0 Å². The first-order valence-corrected chi connectivity index (χ1v) is 5.02. The van der Waals surface area contributed by atoms with Crippen LogP contribution in [0.4, 0.5) is 11.6 Å². The molecule has 1 rings (SSSR count). The van der Waals surface area contributed by atoms with Crippen molar-refractivity contribution < 1.29 is 8.42 Å². The molecule has 0 aromatic carbocycles. The quantitative estimate of drug-likeness (QED) is 0.626. The Kier molecular flexibility index (Phi) is 1.93. The SMILES string of the molecule is CS(=O)(=O)c1cc(N)nc(N)c1. The zero-order valence-electron chi connectivity index (χ0n) is 6.48. The molecule has 0 radical (unpaired) electrons. The van der Waals surface area contributed by atoms with E-state index in [1.54, 1.807) is 0 Å². The van der Waals surface area contributed by atoms with Crippen molar-refractivity contribution in [3.05, 3.63) is 12.1 Å². The Morgan fingerprint density at radius 2 is 1.67 bits per heavy atom. The van der Waals surface area contributed by atoms with Gasteiger partial charge in [-0.1, -0.05) is 0 Å². The lowest BCUT2D eigenvalue weighted by Crippen LogP contribution is -2.02. The molecule has 6 heteroatoms. The number of rotatable bonds is 1. The highest BCUT2D eigenvalue weighted by Gasteiger charge is 2.08. The molecule has 0 amide bonds. The number of nitrogen functional groups attached to an aromatic ring is 2. The second kappa shape index (κ2) is 2.63. The van der Waals surface area contributed by atoms with Crippen molar-refractivity contribution in [2.24, 2.45) is 0 Å². The van der Waals surface area contributed by atoms with Crippen LogP contribution in [-0.2, 0) is 9.84 Å². The molecule has 1 heterocycles. The molecule has 0 fully saturated rings. The van der Waals surface area contributed by atoms with Crippen LogP contribution in [0, 0.1) is 0 Å². The van der Waals surface area contributed by atoms with Crippen molar-refractivity contribution in [1.29, 1.82) is 0 Å². The van der Waals surface area contributed by atoms with Gasteiger partial charge >= 0.3 is 0 Å². The second-order valence-electron chi connectivity index (χ2n) is 2.42. The van der Waals surface area contributed by atoms with Crippen LogP contribution in [0.1, 0.15) is 0 Å². The van der Waals surface area contributed by atoms with Crippen LogP contribution < -0.4 is 11.5 Å². The van der Waals surface area contributed by atoms with E-state index in [1.165, 1.54) is 12.1 Å². The Balaban J connectivity index is 3.37. The van der Waals surface area contributed by atoms with Gasteiger partial charge in [-0.05, 0) is 12.1 Å². The van der Waals surface area contributed by atoms with Gasteiger partial charge in [0.05, 0.1) is 4.90 Å². The Morgan fingerprint density at radius 1 is 1.25 bits per heavy atom. The van der Waals surface area contributed by atoms with E-state index in [0.717, 1.165) is 6.26 Å². The molecular formula is C6H9N3O2S. The Hall–Kier alpha value is -1.30. The van der Waals surface area contributed by atoms with Crippen molar-refractivity contribution in [2.75, 3.05) is 17.7 Å². The fraction of sp³-hybridized carbons (Fsp3) is 0.167. The zero-order valence-corrected chi connectivity index (χ0v) is 7.30. The highest BCUT2D eigenvalue weighted by Crippen LogP contribution is 2.13. The summed E-state index contributed by atoms with van der Waals surface area (Å²) in [5, 5.41) is 0. The Labute approximate surface area is 70.3 Å². The van der Waals surface area contributed by atoms with E-state index < -0.39 is 9.84 Å². The van der Waals surface area contributed by atoms with Crippen LogP contribution in [0.15, 0.2) is 17.0 Å². The summed E-state index contributed by atoms with van der Waals surface area (Å²) in [5.41, 5.74) is 10.6. The van der Waals surface area contributed by atoms with Gasteiger partial charge in [0.2, 0.25) is 0 Å². The third kappa shape index (κ3) is 1.85. The number of nitrogens with two attached hydrogens (primary N) is 2. The molecule has 0 aliphatic carbocycles. The van der Waals surface area contributed by atoms with Crippen molar-refractivity contribution in [1.82, 2.24) is 4.98 Å². The maximum absolute atomic E-state index is 11.0. The standard InChI is InChI=1S/C6H9N3O2S/c1-12(10,11)4-2-5(7)9-6(8)3-4/h2-3H,1H3,(H4,7,8,9). The van der Waals surface area contributed by atoms with E-state index >= 15 is 0 Å². The van der Waals surface area contributed by atoms with Crippen molar-refractivity contribution >= 4 is 21.5 Å². The molecule has 0 saturated carbocycles. The molecule has 4 N–H and O–H groups in total. The van der Waals surface area contributed by atoms with E-state index in [1.807, 2.05) is 0 Å². The number of nitrogens with zero attached hydrogens (tertiary/aromatic N) is 1. The maximum atomic E-state index is 11.0. The van der Waals surface area contributed by atoms with Gasteiger partial charge in [-0.15, -0.1) is 0 Å². The molecule has 0 spiro atoms. The number of hydrogen-bond acceptors (Lipinski definition) is 5. The Morgan fingerprint density at radius 3 is 2.00 bits per heavy atom. The van der Waals surface area contributed by atoms with Crippen LogP contribution >= 0.6 is 0 Å². The molecule has 0 bridgehead atoms. The van der Waals surface area contributed by atoms with Crippen LogP contribution in [0.25, 0.3) is 0 Å². The van der Waals surface area contributed by atoms with Crippen LogP contribution in [0.5, 0.6) is 0 Å². The summed E-state index contributed by atoms with van der Waals surface area (Å²) in [6.45, 7) is 0. The van der Waals surface area contributed by atoms with Crippen LogP contribution in [0.3, 0.4) is 0 Å². The third-order valence-electron chi connectivity index (χ3n) is 1.27. The molecule has 1 aromatic heterocycles. The van der Waals surface area contributed by atoms with Gasteiger partial charge in [0.1, 0.15) is 11.6 Å². The van der Waals surface area contributed by atoms with Gasteiger partial charge < -0.3 is 11.5 Å². The van der Waals surface area contributed by atoms with Gasteiger partial charge in [-0.2, -0.15) is 0 Å². The van der Waals surface area contributed by atoms with Gasteiger partial charge in [0.25, 0.3) is 0 Å². The fourth-order valence-corrected chi connectivity index (χ4v) is 1.43. The van der Waals surface area contributed by atoms with Crippen molar-refractivity contribution in [2.45, 2.75) is 4.90 Å². The monoisotopic (exact) mass is 187 g/mol. The average molecular weight is 187 g/mol. The smallest absolute Gasteiger partial charge is 0.175 e. The maximum Gasteiger partial charge on any atom is 0.175 e. The zero-order chi connectivity index (χ0) is 9.35. The van der Waals surface area contributed by atoms with Gasteiger partial charge in [-0.25, -0.2) is 13.4 Å². The van der Waals surface area contributed by atoms with Crippen LogP contribution in [0.2, 0.25) is 0 Å². The number of anilines is 2. The lowest BCUT2D eigenvalue weighted by atomic mass is 10.4. The van der Waals surface area contributed by atoms with E-state index in [0.29, 0.717) is 0 Å². The number of pyridine rings is 1. The molecule has 66 valence electrons. The minimum atomic E-state index is -3.25. The summed E-state index contributed by atoms with van der Waals surface area (Å²) in [7, 11) is -3.25. The molecule has 0 saturated heterocycles. The molecule has 12 heavy (non-hydrogen) atoms. The first kappa shape index (κ1) is 8.79. The van der Waals surface area contributed by atoms with Gasteiger partial charge in [0, 0.05) is 6.26 Å². The average Bonchev–Trinajstić information content (AvgIpc) is 1.82. The Bertz CT molecular complexity index is 379. The fourth-order valence-electron chi connectivity index (χ4n) is 0.761. The highest BCUT2D eigenvalue weighted by atomic mass is 32.2. The number of aromatic nitrogens is 1. The molecule has 0 aliphatic rings. The molecule has 0 atom stereocenters. The number of hydrogen-bond donors (Lipinski definition) is 2. The molecule has 5 nitrogen and oxygen atoms in total. The molecule has 1 aromatic rings. The van der Waals surface area contributed by atoms with E-state index in [2.05, 4.69) is 4.98 Å². The van der Waals surface area contributed by atoms with Crippen LogP contribution in [-0.4, -0.2) is 19.7 Å². The first-order chi connectivity index (χ1) is 5.39. The van der Waals surface area contributed by atoms with Crippen molar-refractivity contribution in [3.63, 3.8) is 0 Å². The lowest BCUT2D eigenvalue weighted by molar-refractivity contribution is 0.602. The normalized spacial score (nSPS) is 11.4. The third-order valence-corrected chi connectivity index (χ3v) is 2.36. The summed E-state index contributed by atoms with van der Waals surface area (Å²) in [6.07, 6.45) is 1.08. The predicted molar refractivity (Wildman–Crippen MR) is 46.2 cm³/mol. The minimum Gasteiger partial charge on any atom is -0.384 e. The molecular weight excluding hydrogens is 178 g/mol. The number of sulfone groups is 1. The van der Waals surface area contributed by atoms with E-state index in [9.17, 15) is 8.42 Å². The molecule has 0 unspecified atom stereocenters. The summed E-state index contributed by atoms with van der Waals surface area (Å²) >= 11 is 0. The summed E-state index contributed by atoms with van der Waals surface area (Å²) in [4.78, 5) is 3.73. The minimum absolute atomic E-state index is 0.0903. The van der Waals surface area contributed by atoms with E-state index in [4.69, 9.17) is 11.5 Å². The van der Waals surface area contributed by atoms with Gasteiger partial charge in [-0.3, -0.25) is 0 Å². The topological polar surface area (TPSA) is 99.1 Å². The summed E-state index contributed by atoms with van der Waals surface area (Å²) in [6, 6.07) is 2.54. The largest absolute Gasteiger partial charge is 0.384 e. The van der Waals surface area contributed by atoms with E-state index in [-0.39, 0.29) is 16.5 Å². The molecule has 0 aliphatic heterocycles.